The van der Waals surface area contributed by atoms with Crippen LogP contribution in [-0.2, 0) is 19.6 Å². The molecule has 1 rings (SSSR count). The summed E-state index contributed by atoms with van der Waals surface area (Å²) in [6.07, 6.45) is 1.41. The Morgan fingerprint density at radius 2 is 2.00 bits per heavy atom. The van der Waals surface area contributed by atoms with Crippen molar-refractivity contribution in [2.24, 2.45) is 5.92 Å². The molecule has 0 aromatic carbocycles. The van der Waals surface area contributed by atoms with Crippen molar-refractivity contribution in [1.29, 1.82) is 0 Å². The molecule has 106 valence electrons. The van der Waals surface area contributed by atoms with Gasteiger partial charge in [0.15, 0.2) is 0 Å². The van der Waals surface area contributed by atoms with Crippen molar-refractivity contribution in [3.8, 4) is 0 Å². The first kappa shape index (κ1) is 15.4. The number of hydrogen-bond acceptors (Lipinski definition) is 4. The SMILES string of the molecule is CCOC(=O)[C@H]1CCCN(S(=O)(=O)C(C)(C)C)C1. The third-order valence-electron chi connectivity index (χ3n) is 3.12. The molecule has 0 radical (unpaired) electrons. The zero-order chi connectivity index (χ0) is 14.0. The van der Waals surface area contributed by atoms with Crippen LogP contribution < -0.4 is 0 Å². The summed E-state index contributed by atoms with van der Waals surface area (Å²) in [5.74, 6) is -0.609. The van der Waals surface area contributed by atoms with Crippen LogP contribution in [0.25, 0.3) is 0 Å². The molecule has 0 spiro atoms. The highest BCUT2D eigenvalue weighted by atomic mass is 32.2. The fraction of sp³-hybridized carbons (Fsp3) is 0.917. The largest absolute Gasteiger partial charge is 0.466 e. The lowest BCUT2D eigenvalue weighted by Gasteiger charge is -2.35. The maximum atomic E-state index is 12.3. The molecule has 6 heteroatoms. The quantitative estimate of drug-likeness (QED) is 0.731. The van der Waals surface area contributed by atoms with Crippen LogP contribution in [0.4, 0.5) is 0 Å². The first-order valence-corrected chi connectivity index (χ1v) is 7.80. The van der Waals surface area contributed by atoms with E-state index in [1.165, 1.54) is 4.31 Å². The summed E-state index contributed by atoms with van der Waals surface area (Å²) in [4.78, 5) is 11.7. The minimum Gasteiger partial charge on any atom is -0.466 e. The molecule has 1 saturated heterocycles. The van der Waals surface area contributed by atoms with Crippen molar-refractivity contribution < 1.29 is 17.9 Å². The summed E-state index contributed by atoms with van der Waals surface area (Å²) in [7, 11) is -3.36. The highest BCUT2D eigenvalue weighted by Crippen LogP contribution is 2.26. The molecule has 5 nitrogen and oxygen atoms in total. The van der Waals surface area contributed by atoms with Gasteiger partial charge in [0.05, 0.1) is 17.3 Å². The van der Waals surface area contributed by atoms with Gasteiger partial charge in [-0.1, -0.05) is 0 Å². The van der Waals surface area contributed by atoms with E-state index in [0.29, 0.717) is 26.0 Å². The Bertz CT molecular complexity index is 397. The van der Waals surface area contributed by atoms with E-state index in [2.05, 4.69) is 0 Å². The van der Waals surface area contributed by atoms with Gasteiger partial charge >= 0.3 is 5.97 Å². The van der Waals surface area contributed by atoms with Gasteiger partial charge in [-0.05, 0) is 40.5 Å². The fourth-order valence-corrected chi connectivity index (χ4v) is 3.52. The van der Waals surface area contributed by atoms with Crippen molar-refractivity contribution >= 4 is 16.0 Å². The van der Waals surface area contributed by atoms with Gasteiger partial charge in [-0.25, -0.2) is 12.7 Å². The van der Waals surface area contributed by atoms with E-state index in [9.17, 15) is 13.2 Å². The van der Waals surface area contributed by atoms with Crippen LogP contribution in [-0.4, -0.2) is 43.1 Å². The predicted octanol–water partition coefficient (Wildman–Crippen LogP) is 1.39. The number of ether oxygens (including phenoxy) is 1. The van der Waals surface area contributed by atoms with Crippen molar-refractivity contribution in [3.63, 3.8) is 0 Å². The maximum absolute atomic E-state index is 12.3. The summed E-state index contributed by atoms with van der Waals surface area (Å²) in [6.45, 7) is 7.86. The lowest BCUT2D eigenvalue weighted by atomic mass is 10.0. The van der Waals surface area contributed by atoms with Gasteiger partial charge in [0.2, 0.25) is 10.0 Å². The van der Waals surface area contributed by atoms with Crippen LogP contribution in [0.2, 0.25) is 0 Å². The van der Waals surface area contributed by atoms with Crippen LogP contribution in [0.1, 0.15) is 40.5 Å². The number of sulfonamides is 1. The summed E-state index contributed by atoms with van der Waals surface area (Å²) in [5.41, 5.74) is 0. The van der Waals surface area contributed by atoms with Crippen molar-refractivity contribution in [2.75, 3.05) is 19.7 Å². The number of piperidine rings is 1. The third kappa shape index (κ3) is 3.23. The molecule has 1 heterocycles. The number of nitrogens with zero attached hydrogens (tertiary/aromatic N) is 1. The maximum Gasteiger partial charge on any atom is 0.310 e. The number of esters is 1. The van der Waals surface area contributed by atoms with E-state index in [1.807, 2.05) is 0 Å². The van der Waals surface area contributed by atoms with E-state index in [-0.39, 0.29) is 18.4 Å². The molecule has 0 aliphatic carbocycles. The Kier molecular flexibility index (Phi) is 4.78. The van der Waals surface area contributed by atoms with Gasteiger partial charge in [-0.15, -0.1) is 0 Å². The van der Waals surface area contributed by atoms with E-state index in [0.717, 1.165) is 0 Å². The molecular weight excluding hydrogens is 254 g/mol. The third-order valence-corrected chi connectivity index (χ3v) is 5.68. The van der Waals surface area contributed by atoms with Crippen LogP contribution in [0, 0.1) is 5.92 Å². The van der Waals surface area contributed by atoms with Crippen LogP contribution in [0.5, 0.6) is 0 Å². The molecule has 1 aliphatic rings. The predicted molar refractivity (Wildman–Crippen MR) is 69.6 cm³/mol. The molecule has 0 unspecified atom stereocenters. The van der Waals surface area contributed by atoms with Gasteiger partial charge in [0.25, 0.3) is 0 Å². The molecule has 0 saturated carbocycles. The molecule has 0 N–H and O–H groups in total. The smallest absolute Gasteiger partial charge is 0.310 e. The second-order valence-corrected chi connectivity index (χ2v) is 8.26. The molecular formula is C12H23NO4S. The van der Waals surface area contributed by atoms with E-state index < -0.39 is 14.8 Å². The van der Waals surface area contributed by atoms with E-state index in [4.69, 9.17) is 4.74 Å². The zero-order valence-corrected chi connectivity index (χ0v) is 12.4. The standard InChI is InChI=1S/C12H23NO4S/c1-5-17-11(14)10-7-6-8-13(9-10)18(15,16)12(2,3)4/h10H,5-9H2,1-4H3/t10-/m0/s1. The minimum atomic E-state index is -3.36. The van der Waals surface area contributed by atoms with Crippen molar-refractivity contribution in [1.82, 2.24) is 4.31 Å². The average molecular weight is 277 g/mol. The monoisotopic (exact) mass is 277 g/mol. The zero-order valence-electron chi connectivity index (χ0n) is 11.6. The van der Waals surface area contributed by atoms with Gasteiger partial charge in [0.1, 0.15) is 0 Å². The Balaban J connectivity index is 2.79. The molecule has 18 heavy (non-hydrogen) atoms. The Morgan fingerprint density at radius 1 is 1.39 bits per heavy atom. The normalized spacial score (nSPS) is 22.8. The first-order valence-electron chi connectivity index (χ1n) is 6.36. The van der Waals surface area contributed by atoms with Gasteiger partial charge in [0, 0.05) is 13.1 Å². The summed E-state index contributed by atoms with van der Waals surface area (Å²) in [6, 6.07) is 0. The van der Waals surface area contributed by atoms with Gasteiger partial charge in [-0.3, -0.25) is 4.79 Å². The minimum absolute atomic E-state index is 0.248. The van der Waals surface area contributed by atoms with Crippen LogP contribution in [0.15, 0.2) is 0 Å². The highest BCUT2D eigenvalue weighted by molar-refractivity contribution is 7.90. The number of carbonyl (C=O) groups is 1. The Morgan fingerprint density at radius 3 is 2.50 bits per heavy atom. The van der Waals surface area contributed by atoms with Crippen LogP contribution >= 0.6 is 0 Å². The topological polar surface area (TPSA) is 63.7 Å². The fourth-order valence-electron chi connectivity index (χ4n) is 2.00. The number of carbonyl (C=O) groups excluding carboxylic acids is 1. The Labute approximate surface area is 110 Å². The Hall–Kier alpha value is -0.620. The number of rotatable bonds is 3. The summed E-state index contributed by atoms with van der Waals surface area (Å²) >= 11 is 0. The van der Waals surface area contributed by atoms with Crippen LogP contribution in [0.3, 0.4) is 0 Å². The lowest BCUT2D eigenvalue weighted by molar-refractivity contribution is -0.149. The molecule has 1 atom stereocenters. The first-order chi connectivity index (χ1) is 8.20. The van der Waals surface area contributed by atoms with E-state index >= 15 is 0 Å². The van der Waals surface area contributed by atoms with Crippen molar-refractivity contribution in [3.05, 3.63) is 0 Å². The molecule has 0 aromatic heterocycles. The second kappa shape index (κ2) is 5.57. The highest BCUT2D eigenvalue weighted by Gasteiger charge is 2.39. The summed E-state index contributed by atoms with van der Waals surface area (Å²) in [5, 5.41) is 0. The molecule has 0 aromatic rings. The summed E-state index contributed by atoms with van der Waals surface area (Å²) < 4.78 is 30.2. The number of hydrogen-bond donors (Lipinski definition) is 0. The average Bonchev–Trinajstić information content (AvgIpc) is 2.28. The molecule has 0 amide bonds. The second-order valence-electron chi connectivity index (χ2n) is 5.57. The lowest BCUT2D eigenvalue weighted by Crippen LogP contribution is -2.48. The molecule has 1 aliphatic heterocycles. The van der Waals surface area contributed by atoms with E-state index in [1.54, 1.807) is 27.7 Å². The van der Waals surface area contributed by atoms with Gasteiger partial charge < -0.3 is 4.74 Å². The van der Waals surface area contributed by atoms with Crippen molar-refractivity contribution in [2.45, 2.75) is 45.3 Å². The van der Waals surface area contributed by atoms with Gasteiger partial charge in [-0.2, -0.15) is 0 Å². The molecule has 0 bridgehead atoms. The molecule has 1 fully saturated rings.